The van der Waals surface area contributed by atoms with Gasteiger partial charge in [0.05, 0.1) is 12.6 Å². The molecule has 1 unspecified atom stereocenters. The maximum absolute atomic E-state index is 5.77. The zero-order valence-corrected chi connectivity index (χ0v) is 14.6. The van der Waals surface area contributed by atoms with Crippen LogP contribution in [0.15, 0.2) is 29.3 Å². The van der Waals surface area contributed by atoms with Gasteiger partial charge in [-0.15, -0.1) is 0 Å². The summed E-state index contributed by atoms with van der Waals surface area (Å²) in [7, 11) is 0. The Morgan fingerprint density at radius 3 is 2.62 bits per heavy atom. The number of nitrogens with zero attached hydrogens (tertiary/aromatic N) is 1. The molecule has 2 N–H and O–H groups in total. The standard InChI is InChI=1S/C20H29N3O/c1-2-21-20(22-13-17(14-7-8-14)15-9-10-15)23-18-11-12-24-19-6-4-3-5-16(18)19/h3-6,14-15,17-18H,2,7-13H2,1H3,(H2,21,22,23). The van der Waals surface area contributed by atoms with Crippen molar-refractivity contribution in [1.82, 2.24) is 10.6 Å². The molecule has 2 aliphatic carbocycles. The molecule has 0 spiro atoms. The maximum atomic E-state index is 5.77. The summed E-state index contributed by atoms with van der Waals surface area (Å²) in [4.78, 5) is 4.96. The van der Waals surface area contributed by atoms with Crippen molar-refractivity contribution in [3.63, 3.8) is 0 Å². The van der Waals surface area contributed by atoms with Gasteiger partial charge in [-0.2, -0.15) is 0 Å². The molecule has 4 nitrogen and oxygen atoms in total. The Kier molecular flexibility index (Phi) is 4.63. The maximum Gasteiger partial charge on any atom is 0.191 e. The van der Waals surface area contributed by atoms with Crippen molar-refractivity contribution in [2.75, 3.05) is 19.7 Å². The molecule has 1 aromatic rings. The summed E-state index contributed by atoms with van der Waals surface area (Å²) in [6.07, 6.45) is 6.68. The largest absolute Gasteiger partial charge is 0.493 e. The number of benzene rings is 1. The first kappa shape index (κ1) is 15.8. The summed E-state index contributed by atoms with van der Waals surface area (Å²) >= 11 is 0. The molecule has 2 saturated carbocycles. The average Bonchev–Trinajstić information content (AvgIpc) is 3.49. The van der Waals surface area contributed by atoms with Gasteiger partial charge in [-0.1, -0.05) is 18.2 Å². The fourth-order valence-electron chi connectivity index (χ4n) is 3.91. The van der Waals surface area contributed by atoms with Gasteiger partial charge in [-0.05, 0) is 56.4 Å². The molecular weight excluding hydrogens is 298 g/mol. The molecule has 0 bridgehead atoms. The Balaban J connectivity index is 1.44. The van der Waals surface area contributed by atoms with Crippen molar-refractivity contribution >= 4 is 5.96 Å². The molecule has 4 rings (SSSR count). The van der Waals surface area contributed by atoms with Gasteiger partial charge in [0, 0.05) is 25.1 Å². The van der Waals surface area contributed by atoms with Crippen LogP contribution in [-0.4, -0.2) is 25.7 Å². The topological polar surface area (TPSA) is 45.7 Å². The molecule has 4 heteroatoms. The summed E-state index contributed by atoms with van der Waals surface area (Å²) in [5.41, 5.74) is 1.25. The summed E-state index contributed by atoms with van der Waals surface area (Å²) in [5, 5.41) is 7.08. The third-order valence-electron chi connectivity index (χ3n) is 5.53. The van der Waals surface area contributed by atoms with E-state index in [2.05, 4.69) is 35.8 Å². The van der Waals surface area contributed by atoms with E-state index in [0.29, 0.717) is 0 Å². The van der Waals surface area contributed by atoms with Crippen LogP contribution in [0.1, 0.15) is 50.6 Å². The van der Waals surface area contributed by atoms with E-state index in [9.17, 15) is 0 Å². The molecular formula is C20H29N3O. The van der Waals surface area contributed by atoms with Gasteiger partial charge in [0.25, 0.3) is 0 Å². The predicted molar refractivity (Wildman–Crippen MR) is 97.3 cm³/mol. The van der Waals surface area contributed by atoms with Gasteiger partial charge in [-0.25, -0.2) is 0 Å². The SMILES string of the molecule is CCNC(=NCC(C1CC1)C1CC1)NC1CCOc2ccccc21. The minimum Gasteiger partial charge on any atom is -0.493 e. The number of hydrogen-bond donors (Lipinski definition) is 2. The van der Waals surface area contributed by atoms with Crippen LogP contribution in [0.25, 0.3) is 0 Å². The zero-order chi connectivity index (χ0) is 16.4. The van der Waals surface area contributed by atoms with E-state index < -0.39 is 0 Å². The molecule has 1 aromatic carbocycles. The molecule has 1 aliphatic heterocycles. The first-order valence-corrected chi connectivity index (χ1v) is 9.61. The quantitative estimate of drug-likeness (QED) is 0.621. The van der Waals surface area contributed by atoms with Crippen LogP contribution >= 0.6 is 0 Å². The minimum absolute atomic E-state index is 0.285. The average molecular weight is 327 g/mol. The third-order valence-corrected chi connectivity index (χ3v) is 5.53. The summed E-state index contributed by atoms with van der Waals surface area (Å²) < 4.78 is 5.77. The number of hydrogen-bond acceptors (Lipinski definition) is 2. The van der Waals surface area contributed by atoms with Crippen molar-refractivity contribution in [2.45, 2.75) is 45.1 Å². The van der Waals surface area contributed by atoms with Crippen molar-refractivity contribution in [3.8, 4) is 5.75 Å². The molecule has 1 atom stereocenters. The summed E-state index contributed by atoms with van der Waals surface area (Å²) in [5.74, 6) is 4.69. The molecule has 0 aromatic heterocycles. The Morgan fingerprint density at radius 2 is 1.92 bits per heavy atom. The first-order chi connectivity index (χ1) is 11.8. The van der Waals surface area contributed by atoms with Crippen molar-refractivity contribution in [3.05, 3.63) is 29.8 Å². The van der Waals surface area contributed by atoms with Crippen LogP contribution < -0.4 is 15.4 Å². The molecule has 0 amide bonds. The molecule has 1 heterocycles. The van der Waals surface area contributed by atoms with Crippen LogP contribution in [-0.2, 0) is 0 Å². The van der Waals surface area contributed by atoms with Gasteiger partial charge >= 0.3 is 0 Å². The molecule has 0 radical (unpaired) electrons. The highest BCUT2D eigenvalue weighted by Crippen LogP contribution is 2.49. The third kappa shape index (κ3) is 3.68. The second-order valence-electron chi connectivity index (χ2n) is 7.43. The minimum atomic E-state index is 0.285. The number of para-hydroxylation sites is 1. The van der Waals surface area contributed by atoms with Gasteiger partial charge in [0.15, 0.2) is 5.96 Å². The summed E-state index contributed by atoms with van der Waals surface area (Å²) in [6.45, 7) is 4.78. The van der Waals surface area contributed by atoms with Crippen LogP contribution in [0, 0.1) is 17.8 Å². The van der Waals surface area contributed by atoms with E-state index in [1.54, 1.807) is 0 Å². The summed E-state index contributed by atoms with van der Waals surface area (Å²) in [6, 6.07) is 8.63. The van der Waals surface area contributed by atoms with Crippen LogP contribution in [0.3, 0.4) is 0 Å². The lowest BCUT2D eigenvalue weighted by molar-refractivity contribution is 0.261. The monoisotopic (exact) mass is 327 g/mol. The molecule has 24 heavy (non-hydrogen) atoms. The number of rotatable bonds is 6. The van der Waals surface area contributed by atoms with Crippen molar-refractivity contribution in [1.29, 1.82) is 0 Å². The van der Waals surface area contributed by atoms with Crippen LogP contribution in [0.5, 0.6) is 5.75 Å². The van der Waals surface area contributed by atoms with Gasteiger partial charge in [0.1, 0.15) is 5.75 Å². The lowest BCUT2D eigenvalue weighted by atomic mass is 9.98. The molecule has 2 fully saturated rings. The highest BCUT2D eigenvalue weighted by atomic mass is 16.5. The number of ether oxygens (including phenoxy) is 1. The van der Waals surface area contributed by atoms with Gasteiger partial charge in [0.2, 0.25) is 0 Å². The Bertz CT molecular complexity index is 580. The normalized spacial score (nSPS) is 23.6. The highest BCUT2D eigenvalue weighted by molar-refractivity contribution is 5.80. The van der Waals surface area contributed by atoms with E-state index in [1.807, 2.05) is 6.07 Å². The fraction of sp³-hybridized carbons (Fsp3) is 0.650. The second kappa shape index (κ2) is 7.04. The van der Waals surface area contributed by atoms with E-state index in [4.69, 9.17) is 9.73 Å². The van der Waals surface area contributed by atoms with E-state index in [1.165, 1.54) is 31.2 Å². The van der Waals surface area contributed by atoms with Crippen LogP contribution in [0.4, 0.5) is 0 Å². The second-order valence-corrected chi connectivity index (χ2v) is 7.43. The number of nitrogens with one attached hydrogen (secondary N) is 2. The van der Waals surface area contributed by atoms with E-state index in [0.717, 1.165) is 55.6 Å². The van der Waals surface area contributed by atoms with Crippen LogP contribution in [0.2, 0.25) is 0 Å². The Morgan fingerprint density at radius 1 is 1.17 bits per heavy atom. The highest BCUT2D eigenvalue weighted by Gasteiger charge is 2.41. The first-order valence-electron chi connectivity index (χ1n) is 9.61. The molecule has 0 saturated heterocycles. The van der Waals surface area contributed by atoms with Crippen molar-refractivity contribution in [2.24, 2.45) is 22.7 Å². The zero-order valence-electron chi connectivity index (χ0n) is 14.6. The smallest absolute Gasteiger partial charge is 0.191 e. The van der Waals surface area contributed by atoms with E-state index in [-0.39, 0.29) is 6.04 Å². The fourth-order valence-corrected chi connectivity index (χ4v) is 3.91. The predicted octanol–water partition coefficient (Wildman–Crippen LogP) is 3.50. The Hall–Kier alpha value is -1.71. The Labute approximate surface area is 145 Å². The lowest BCUT2D eigenvalue weighted by Gasteiger charge is -2.28. The van der Waals surface area contributed by atoms with Gasteiger partial charge < -0.3 is 15.4 Å². The van der Waals surface area contributed by atoms with Crippen molar-refractivity contribution < 1.29 is 4.74 Å². The van der Waals surface area contributed by atoms with Gasteiger partial charge in [-0.3, -0.25) is 4.99 Å². The lowest BCUT2D eigenvalue weighted by Crippen LogP contribution is -2.41. The number of guanidine groups is 1. The molecule has 3 aliphatic rings. The van der Waals surface area contributed by atoms with E-state index >= 15 is 0 Å². The number of fused-ring (bicyclic) bond motifs is 1. The number of aliphatic imine (C=N–C) groups is 1. The molecule has 130 valence electrons.